The number of aromatic nitrogens is 4. The summed E-state index contributed by atoms with van der Waals surface area (Å²) in [5, 5.41) is 0.914. The van der Waals surface area contributed by atoms with E-state index in [2.05, 4.69) is 9.97 Å². The maximum atomic E-state index is 12.9. The Balaban J connectivity index is 1.94. The van der Waals surface area contributed by atoms with Gasteiger partial charge in [-0.15, -0.1) is 0 Å². The maximum Gasteiger partial charge on any atom is 0.278 e. The highest BCUT2D eigenvalue weighted by Gasteiger charge is 2.15. The van der Waals surface area contributed by atoms with Crippen LogP contribution in [0.3, 0.4) is 0 Å². The number of fused-ring (bicyclic) bond motifs is 3. The fourth-order valence-corrected chi connectivity index (χ4v) is 3.02. The molecular weight excluding hydrogens is 304 g/mol. The van der Waals surface area contributed by atoms with Crippen molar-refractivity contribution in [3.63, 3.8) is 0 Å². The Morgan fingerprint density at radius 2 is 2.12 bits per heavy atom. The van der Waals surface area contributed by atoms with Crippen LogP contribution >= 0.6 is 0 Å². The molecule has 24 heavy (non-hydrogen) atoms. The number of pyridine rings is 1. The van der Waals surface area contributed by atoms with Crippen LogP contribution in [0.5, 0.6) is 5.75 Å². The Kier molecular flexibility index (Phi) is 3.30. The summed E-state index contributed by atoms with van der Waals surface area (Å²) in [4.78, 5) is 21.5. The molecule has 0 bridgehead atoms. The molecule has 120 valence electrons. The van der Waals surface area contributed by atoms with E-state index >= 15 is 0 Å². The van der Waals surface area contributed by atoms with Gasteiger partial charge in [-0.2, -0.15) is 0 Å². The van der Waals surface area contributed by atoms with Crippen LogP contribution in [0.2, 0.25) is 0 Å². The lowest BCUT2D eigenvalue weighted by Gasteiger charge is -2.05. The molecule has 0 aliphatic carbocycles. The van der Waals surface area contributed by atoms with E-state index < -0.39 is 0 Å². The third-order valence-electron chi connectivity index (χ3n) is 4.25. The molecule has 0 saturated carbocycles. The average Bonchev–Trinajstić information content (AvgIpc) is 2.91. The van der Waals surface area contributed by atoms with Crippen molar-refractivity contribution in [3.05, 3.63) is 65.0 Å². The fraction of sp³-hybridized carbons (Fsp3) is 0.167. The summed E-state index contributed by atoms with van der Waals surface area (Å²) in [6.07, 6.45) is 5.06. The molecule has 0 N–H and O–H groups in total. The molecule has 0 aliphatic rings. The van der Waals surface area contributed by atoms with E-state index in [1.807, 2.05) is 41.9 Å². The van der Waals surface area contributed by atoms with Crippen molar-refractivity contribution in [2.24, 2.45) is 7.05 Å². The van der Waals surface area contributed by atoms with Gasteiger partial charge in [0.25, 0.3) is 5.56 Å². The second kappa shape index (κ2) is 5.49. The van der Waals surface area contributed by atoms with Crippen LogP contribution in [0, 0.1) is 0 Å². The average molecular weight is 320 g/mol. The minimum absolute atomic E-state index is 0.0680. The van der Waals surface area contributed by atoms with Crippen molar-refractivity contribution in [2.75, 3.05) is 7.11 Å². The first-order chi connectivity index (χ1) is 11.7. The predicted octanol–water partition coefficient (Wildman–Crippen LogP) is 2.34. The molecule has 4 aromatic rings. The third kappa shape index (κ3) is 2.15. The number of aryl methyl sites for hydroxylation is 1. The van der Waals surface area contributed by atoms with E-state index in [1.54, 1.807) is 30.4 Å². The molecule has 3 aromatic heterocycles. The van der Waals surface area contributed by atoms with E-state index in [1.165, 1.54) is 0 Å². The minimum atomic E-state index is -0.0680. The smallest absolute Gasteiger partial charge is 0.278 e. The van der Waals surface area contributed by atoms with Gasteiger partial charge in [0.2, 0.25) is 0 Å². The minimum Gasteiger partial charge on any atom is -0.497 e. The maximum absolute atomic E-state index is 12.9. The second-order valence-corrected chi connectivity index (χ2v) is 5.68. The molecule has 6 heteroatoms. The molecule has 6 nitrogen and oxygen atoms in total. The lowest BCUT2D eigenvalue weighted by Crippen LogP contribution is -2.22. The summed E-state index contributed by atoms with van der Waals surface area (Å²) in [6.45, 7) is 0.445. The normalized spacial score (nSPS) is 11.2. The molecule has 0 saturated heterocycles. The van der Waals surface area contributed by atoms with Gasteiger partial charge < -0.3 is 9.30 Å². The Morgan fingerprint density at radius 3 is 2.88 bits per heavy atom. The van der Waals surface area contributed by atoms with Crippen LogP contribution in [0.4, 0.5) is 0 Å². The zero-order valence-electron chi connectivity index (χ0n) is 13.4. The van der Waals surface area contributed by atoms with Gasteiger partial charge in [-0.3, -0.25) is 14.3 Å². The highest BCUT2D eigenvalue weighted by atomic mass is 16.5. The second-order valence-electron chi connectivity index (χ2n) is 5.68. The van der Waals surface area contributed by atoms with Gasteiger partial charge >= 0.3 is 0 Å². The van der Waals surface area contributed by atoms with Crippen LogP contribution in [0.15, 0.2) is 53.8 Å². The highest BCUT2D eigenvalue weighted by Crippen LogP contribution is 2.27. The van der Waals surface area contributed by atoms with Crippen molar-refractivity contribution in [3.8, 4) is 5.75 Å². The molecule has 0 amide bonds. The van der Waals surface area contributed by atoms with Gasteiger partial charge in [-0.25, -0.2) is 4.98 Å². The van der Waals surface area contributed by atoms with E-state index in [0.717, 1.165) is 22.2 Å². The number of ether oxygens (including phenoxy) is 1. The molecule has 0 unspecified atom stereocenters. The molecule has 1 aromatic carbocycles. The van der Waals surface area contributed by atoms with Crippen LogP contribution in [-0.4, -0.2) is 26.2 Å². The van der Waals surface area contributed by atoms with Gasteiger partial charge in [0.15, 0.2) is 0 Å². The predicted molar refractivity (Wildman–Crippen MR) is 92.4 cm³/mol. The van der Waals surface area contributed by atoms with Crippen molar-refractivity contribution in [2.45, 2.75) is 6.54 Å². The largest absolute Gasteiger partial charge is 0.497 e. The summed E-state index contributed by atoms with van der Waals surface area (Å²) in [5.74, 6) is 0.747. The Hall–Kier alpha value is -3.15. The number of benzene rings is 1. The van der Waals surface area contributed by atoms with Gasteiger partial charge in [0.05, 0.1) is 25.5 Å². The molecule has 4 rings (SSSR count). The van der Waals surface area contributed by atoms with Gasteiger partial charge in [-0.1, -0.05) is 6.07 Å². The Bertz CT molecular complexity index is 1100. The summed E-state index contributed by atoms with van der Waals surface area (Å²) in [7, 11) is 3.51. The molecule has 0 radical (unpaired) electrons. The van der Waals surface area contributed by atoms with E-state index in [4.69, 9.17) is 4.74 Å². The lowest BCUT2D eigenvalue weighted by atomic mass is 10.2. The topological polar surface area (TPSA) is 61.9 Å². The fourth-order valence-electron chi connectivity index (χ4n) is 3.02. The van der Waals surface area contributed by atoms with Crippen molar-refractivity contribution >= 4 is 21.9 Å². The van der Waals surface area contributed by atoms with E-state index in [0.29, 0.717) is 17.6 Å². The van der Waals surface area contributed by atoms with Gasteiger partial charge in [0.1, 0.15) is 16.8 Å². The molecule has 0 aliphatic heterocycles. The first-order valence-corrected chi connectivity index (χ1v) is 7.59. The van der Waals surface area contributed by atoms with E-state index in [-0.39, 0.29) is 5.56 Å². The van der Waals surface area contributed by atoms with Crippen molar-refractivity contribution in [1.82, 2.24) is 19.1 Å². The van der Waals surface area contributed by atoms with Crippen molar-refractivity contribution in [1.29, 1.82) is 0 Å². The first kappa shape index (κ1) is 14.4. The SMILES string of the molecule is COc1ccc2c(c1)c1ncn(Cc3cccnc3)c(=O)c1n2C. The molecular formula is C18H16N4O2. The van der Waals surface area contributed by atoms with Gasteiger partial charge in [0, 0.05) is 24.8 Å². The van der Waals surface area contributed by atoms with Gasteiger partial charge in [-0.05, 0) is 29.8 Å². The van der Waals surface area contributed by atoms with Crippen LogP contribution in [-0.2, 0) is 13.6 Å². The summed E-state index contributed by atoms with van der Waals surface area (Å²) in [5.41, 5.74) is 3.13. The lowest BCUT2D eigenvalue weighted by molar-refractivity contribution is 0.415. The van der Waals surface area contributed by atoms with Crippen molar-refractivity contribution < 1.29 is 4.74 Å². The van der Waals surface area contributed by atoms with Crippen LogP contribution < -0.4 is 10.3 Å². The Morgan fingerprint density at radius 1 is 1.25 bits per heavy atom. The summed E-state index contributed by atoms with van der Waals surface area (Å²) < 4.78 is 8.78. The van der Waals surface area contributed by atoms with Crippen LogP contribution in [0.25, 0.3) is 21.9 Å². The summed E-state index contributed by atoms with van der Waals surface area (Å²) >= 11 is 0. The number of hydrogen-bond donors (Lipinski definition) is 0. The quantitative estimate of drug-likeness (QED) is 0.581. The monoisotopic (exact) mass is 320 g/mol. The molecule has 0 atom stereocenters. The summed E-state index contributed by atoms with van der Waals surface area (Å²) in [6, 6.07) is 9.54. The zero-order chi connectivity index (χ0) is 16.7. The third-order valence-corrected chi connectivity index (χ3v) is 4.25. The molecule has 3 heterocycles. The molecule has 0 fully saturated rings. The standard InChI is InChI=1S/C18H16N4O2/c1-21-15-6-5-13(24-2)8-14(15)16-17(21)18(23)22(11-20-16)10-12-4-3-7-19-9-12/h3-9,11H,10H2,1-2H3. The van der Waals surface area contributed by atoms with Crippen LogP contribution in [0.1, 0.15) is 5.56 Å². The highest BCUT2D eigenvalue weighted by molar-refractivity contribution is 6.05. The Labute approximate surface area is 138 Å². The first-order valence-electron chi connectivity index (χ1n) is 7.59. The molecule has 0 spiro atoms. The number of hydrogen-bond acceptors (Lipinski definition) is 4. The van der Waals surface area contributed by atoms with E-state index in [9.17, 15) is 4.79 Å². The number of rotatable bonds is 3. The number of methoxy groups -OCH3 is 1. The zero-order valence-corrected chi connectivity index (χ0v) is 13.4. The number of nitrogens with zero attached hydrogens (tertiary/aromatic N) is 4.